The van der Waals surface area contributed by atoms with Gasteiger partial charge in [0.05, 0.1) is 33.0 Å². The highest BCUT2D eigenvalue weighted by Crippen LogP contribution is 2.05. The van der Waals surface area contributed by atoms with Gasteiger partial charge < -0.3 is 19.9 Å². The maximum absolute atomic E-state index is 5.84. The average molecular weight is 274 g/mol. The zero-order valence-corrected chi connectivity index (χ0v) is 12.3. The van der Waals surface area contributed by atoms with E-state index in [1.54, 1.807) is 0 Å². The summed E-state index contributed by atoms with van der Waals surface area (Å²) in [6.45, 7) is 9.52. The number of unbranched alkanes of at least 4 members (excludes halogenated alkanes) is 1. The van der Waals surface area contributed by atoms with Crippen molar-refractivity contribution in [3.63, 3.8) is 0 Å². The van der Waals surface area contributed by atoms with E-state index in [4.69, 9.17) is 19.9 Å². The van der Waals surface area contributed by atoms with Crippen molar-refractivity contribution in [3.05, 3.63) is 0 Å². The van der Waals surface area contributed by atoms with Crippen molar-refractivity contribution in [1.82, 2.24) is 4.90 Å². The second-order valence-corrected chi connectivity index (χ2v) is 5.04. The minimum atomic E-state index is 0.357. The smallest absolute Gasteiger partial charge is 0.0701 e. The standard InChI is InChI=1S/C14H30N2O3/c1-2-3-7-17-9-11-19-12-10-18-8-6-16-5-4-14(15)13-16/h14H,2-13,15H2,1H3. The van der Waals surface area contributed by atoms with E-state index in [2.05, 4.69) is 11.8 Å². The fourth-order valence-electron chi connectivity index (χ4n) is 2.05. The third-order valence-electron chi connectivity index (χ3n) is 3.25. The molecule has 1 aliphatic rings. The lowest BCUT2D eigenvalue weighted by molar-refractivity contribution is 0.0110. The number of nitrogens with two attached hydrogens (primary N) is 1. The molecule has 0 spiro atoms. The molecular formula is C14H30N2O3. The number of hydrogen-bond acceptors (Lipinski definition) is 5. The molecule has 1 aliphatic heterocycles. The van der Waals surface area contributed by atoms with Crippen molar-refractivity contribution in [2.75, 3.05) is 59.3 Å². The number of hydrogen-bond donors (Lipinski definition) is 1. The Balaban J connectivity index is 1.72. The largest absolute Gasteiger partial charge is 0.379 e. The Hall–Kier alpha value is -0.200. The first-order chi connectivity index (χ1) is 9.33. The molecule has 114 valence electrons. The fraction of sp³-hybridized carbons (Fsp3) is 1.00. The summed E-state index contributed by atoms with van der Waals surface area (Å²) in [4.78, 5) is 2.35. The van der Waals surface area contributed by atoms with Gasteiger partial charge in [0.1, 0.15) is 0 Å². The molecule has 2 N–H and O–H groups in total. The lowest BCUT2D eigenvalue weighted by Gasteiger charge is -2.14. The van der Waals surface area contributed by atoms with Gasteiger partial charge >= 0.3 is 0 Å². The summed E-state index contributed by atoms with van der Waals surface area (Å²) in [7, 11) is 0. The van der Waals surface area contributed by atoms with Gasteiger partial charge in [0, 0.05) is 25.7 Å². The van der Waals surface area contributed by atoms with E-state index in [1.165, 1.54) is 6.42 Å². The van der Waals surface area contributed by atoms with Crippen molar-refractivity contribution < 1.29 is 14.2 Å². The molecule has 0 aromatic heterocycles. The van der Waals surface area contributed by atoms with Crippen molar-refractivity contribution in [1.29, 1.82) is 0 Å². The van der Waals surface area contributed by atoms with Gasteiger partial charge in [0.2, 0.25) is 0 Å². The number of ether oxygens (including phenoxy) is 3. The van der Waals surface area contributed by atoms with Crippen molar-refractivity contribution in [2.45, 2.75) is 32.2 Å². The zero-order valence-electron chi connectivity index (χ0n) is 12.3. The second kappa shape index (κ2) is 11.6. The van der Waals surface area contributed by atoms with Crippen molar-refractivity contribution in [2.24, 2.45) is 5.73 Å². The molecule has 0 amide bonds. The Bertz CT molecular complexity index is 205. The second-order valence-electron chi connectivity index (χ2n) is 5.04. The van der Waals surface area contributed by atoms with Crippen LogP contribution < -0.4 is 5.73 Å². The molecule has 1 atom stereocenters. The molecular weight excluding hydrogens is 244 g/mol. The van der Waals surface area contributed by atoms with E-state index in [0.29, 0.717) is 32.5 Å². The average Bonchev–Trinajstić information content (AvgIpc) is 2.82. The van der Waals surface area contributed by atoms with Crippen LogP contribution in [0.25, 0.3) is 0 Å². The molecule has 0 saturated carbocycles. The highest BCUT2D eigenvalue weighted by molar-refractivity contribution is 4.77. The summed E-state index contributed by atoms with van der Waals surface area (Å²) < 4.78 is 16.3. The van der Waals surface area contributed by atoms with Crippen LogP contribution in [0.15, 0.2) is 0 Å². The maximum atomic E-state index is 5.84. The van der Waals surface area contributed by atoms with Gasteiger partial charge in [-0.05, 0) is 19.4 Å². The predicted molar refractivity (Wildman–Crippen MR) is 76.4 cm³/mol. The normalized spacial score (nSPS) is 20.2. The first-order valence-electron chi connectivity index (χ1n) is 7.54. The van der Waals surface area contributed by atoms with E-state index in [-0.39, 0.29) is 0 Å². The zero-order chi connectivity index (χ0) is 13.8. The molecule has 5 heteroatoms. The van der Waals surface area contributed by atoms with E-state index in [9.17, 15) is 0 Å². The van der Waals surface area contributed by atoms with Crippen molar-refractivity contribution >= 4 is 0 Å². The summed E-state index contributed by atoms with van der Waals surface area (Å²) in [6.07, 6.45) is 3.42. The minimum Gasteiger partial charge on any atom is -0.379 e. The lowest BCUT2D eigenvalue weighted by atomic mass is 10.3. The van der Waals surface area contributed by atoms with Crippen LogP contribution in [-0.2, 0) is 14.2 Å². The molecule has 1 heterocycles. The molecule has 1 rings (SSSR count). The molecule has 0 aromatic rings. The number of likely N-dealkylation sites (tertiary alicyclic amines) is 1. The van der Waals surface area contributed by atoms with Crippen LogP contribution in [0.1, 0.15) is 26.2 Å². The van der Waals surface area contributed by atoms with Gasteiger partial charge in [0.15, 0.2) is 0 Å². The topological polar surface area (TPSA) is 57.0 Å². The minimum absolute atomic E-state index is 0.357. The van der Waals surface area contributed by atoms with Gasteiger partial charge in [0.25, 0.3) is 0 Å². The molecule has 1 fully saturated rings. The van der Waals surface area contributed by atoms with Gasteiger partial charge in [-0.1, -0.05) is 13.3 Å². The molecule has 5 nitrogen and oxygen atoms in total. The monoisotopic (exact) mass is 274 g/mol. The first kappa shape index (κ1) is 16.9. The fourth-order valence-corrected chi connectivity index (χ4v) is 2.05. The molecule has 0 aliphatic carbocycles. The Morgan fingerprint density at radius 3 is 2.21 bits per heavy atom. The summed E-state index contributed by atoms with van der Waals surface area (Å²) in [5, 5.41) is 0. The Morgan fingerprint density at radius 1 is 1.00 bits per heavy atom. The molecule has 0 radical (unpaired) electrons. The summed E-state index contributed by atoms with van der Waals surface area (Å²) in [6, 6.07) is 0.357. The molecule has 0 bridgehead atoms. The summed E-state index contributed by atoms with van der Waals surface area (Å²) in [5.74, 6) is 0. The molecule has 1 unspecified atom stereocenters. The van der Waals surface area contributed by atoms with E-state index in [1.807, 2.05) is 0 Å². The molecule has 0 aromatic carbocycles. The van der Waals surface area contributed by atoms with E-state index >= 15 is 0 Å². The van der Waals surface area contributed by atoms with E-state index in [0.717, 1.165) is 45.7 Å². The van der Waals surface area contributed by atoms with Gasteiger partial charge in [-0.25, -0.2) is 0 Å². The van der Waals surface area contributed by atoms with Crippen LogP contribution in [-0.4, -0.2) is 70.2 Å². The maximum Gasteiger partial charge on any atom is 0.0701 e. The SMILES string of the molecule is CCCCOCCOCCOCCN1CCC(N)C1. The number of nitrogens with zero attached hydrogens (tertiary/aromatic N) is 1. The van der Waals surface area contributed by atoms with Crippen LogP contribution in [0.3, 0.4) is 0 Å². The van der Waals surface area contributed by atoms with Crippen molar-refractivity contribution in [3.8, 4) is 0 Å². The molecule has 1 saturated heterocycles. The summed E-state index contributed by atoms with van der Waals surface area (Å²) in [5.41, 5.74) is 5.84. The third kappa shape index (κ3) is 9.35. The lowest BCUT2D eigenvalue weighted by Crippen LogP contribution is -2.29. The highest BCUT2D eigenvalue weighted by Gasteiger charge is 2.17. The quantitative estimate of drug-likeness (QED) is 0.535. The Kier molecular flexibility index (Phi) is 10.3. The number of rotatable bonds is 12. The Labute approximate surface area is 117 Å². The Morgan fingerprint density at radius 2 is 1.63 bits per heavy atom. The van der Waals surface area contributed by atoms with Crippen LogP contribution in [0, 0.1) is 0 Å². The van der Waals surface area contributed by atoms with E-state index < -0.39 is 0 Å². The highest BCUT2D eigenvalue weighted by atomic mass is 16.5. The first-order valence-corrected chi connectivity index (χ1v) is 7.54. The van der Waals surface area contributed by atoms with Gasteiger partial charge in [-0.15, -0.1) is 0 Å². The van der Waals surface area contributed by atoms with Gasteiger partial charge in [-0.2, -0.15) is 0 Å². The molecule has 19 heavy (non-hydrogen) atoms. The predicted octanol–water partition coefficient (Wildman–Crippen LogP) is 0.869. The van der Waals surface area contributed by atoms with Crippen LogP contribution >= 0.6 is 0 Å². The van der Waals surface area contributed by atoms with Crippen LogP contribution in [0.2, 0.25) is 0 Å². The van der Waals surface area contributed by atoms with Crippen LogP contribution in [0.5, 0.6) is 0 Å². The van der Waals surface area contributed by atoms with Crippen LogP contribution in [0.4, 0.5) is 0 Å². The third-order valence-corrected chi connectivity index (χ3v) is 3.25. The summed E-state index contributed by atoms with van der Waals surface area (Å²) >= 11 is 0. The van der Waals surface area contributed by atoms with Gasteiger partial charge in [-0.3, -0.25) is 4.90 Å².